The Kier molecular flexibility index (Phi) is 5.05. The van der Waals surface area contributed by atoms with Gasteiger partial charge >= 0.3 is 0 Å². The standard InChI is InChI=1S/C16H32N2O/c1-12(15(2,3)4)18(7)14(19)16(5,6)13-9-8-10-17-11-13/h12-13,17H,8-11H2,1-7H3. The number of carbonyl (C=O) groups excluding carboxylic acids is 1. The fourth-order valence-corrected chi connectivity index (χ4v) is 2.85. The molecule has 1 aliphatic heterocycles. The smallest absolute Gasteiger partial charge is 0.228 e. The second-order valence-electron chi connectivity index (χ2n) is 7.72. The van der Waals surface area contributed by atoms with Crippen molar-refractivity contribution in [2.45, 2.75) is 60.4 Å². The van der Waals surface area contributed by atoms with E-state index in [0.717, 1.165) is 19.5 Å². The minimum atomic E-state index is -0.276. The van der Waals surface area contributed by atoms with Gasteiger partial charge < -0.3 is 10.2 Å². The van der Waals surface area contributed by atoms with Crippen LogP contribution in [0.25, 0.3) is 0 Å². The SMILES string of the molecule is CC(N(C)C(=O)C(C)(C)C1CCCNC1)C(C)(C)C. The number of hydrogen-bond donors (Lipinski definition) is 1. The third-order valence-electron chi connectivity index (χ3n) is 5.02. The van der Waals surface area contributed by atoms with Gasteiger partial charge in [-0.1, -0.05) is 34.6 Å². The molecule has 1 saturated heterocycles. The van der Waals surface area contributed by atoms with E-state index in [2.05, 4.69) is 46.9 Å². The predicted molar refractivity (Wildman–Crippen MR) is 81.1 cm³/mol. The third-order valence-corrected chi connectivity index (χ3v) is 5.02. The van der Waals surface area contributed by atoms with Crippen molar-refractivity contribution < 1.29 is 4.79 Å². The lowest BCUT2D eigenvalue weighted by Crippen LogP contribution is -2.52. The van der Waals surface area contributed by atoms with Crippen LogP contribution >= 0.6 is 0 Å². The molecule has 1 N–H and O–H groups in total. The third kappa shape index (κ3) is 3.71. The molecule has 0 radical (unpaired) electrons. The monoisotopic (exact) mass is 268 g/mol. The molecule has 1 aliphatic rings. The molecular formula is C16H32N2O. The summed E-state index contributed by atoms with van der Waals surface area (Å²) in [6.45, 7) is 15.0. The number of nitrogens with zero attached hydrogens (tertiary/aromatic N) is 1. The maximum absolute atomic E-state index is 12.9. The van der Waals surface area contributed by atoms with E-state index in [4.69, 9.17) is 0 Å². The number of piperidine rings is 1. The summed E-state index contributed by atoms with van der Waals surface area (Å²) < 4.78 is 0. The molecule has 0 aromatic carbocycles. The van der Waals surface area contributed by atoms with Gasteiger partial charge in [-0.2, -0.15) is 0 Å². The minimum absolute atomic E-state index is 0.116. The molecule has 2 atom stereocenters. The average Bonchev–Trinajstić information content (AvgIpc) is 2.36. The van der Waals surface area contributed by atoms with E-state index < -0.39 is 0 Å². The van der Waals surface area contributed by atoms with Gasteiger partial charge in [0.05, 0.1) is 0 Å². The molecule has 0 aromatic heterocycles. The Hall–Kier alpha value is -0.570. The summed E-state index contributed by atoms with van der Waals surface area (Å²) >= 11 is 0. The van der Waals surface area contributed by atoms with Gasteiger partial charge in [-0.25, -0.2) is 0 Å². The Morgan fingerprint density at radius 1 is 1.26 bits per heavy atom. The summed E-state index contributed by atoms with van der Waals surface area (Å²) in [6, 6.07) is 0.246. The number of amides is 1. The number of nitrogens with one attached hydrogen (secondary N) is 1. The lowest BCUT2D eigenvalue weighted by atomic mass is 9.73. The van der Waals surface area contributed by atoms with Gasteiger partial charge in [-0.05, 0) is 44.2 Å². The zero-order valence-corrected chi connectivity index (χ0v) is 13.8. The van der Waals surface area contributed by atoms with Crippen LogP contribution in [0.4, 0.5) is 0 Å². The summed E-state index contributed by atoms with van der Waals surface area (Å²) in [5.74, 6) is 0.729. The molecule has 1 amide bonds. The number of rotatable bonds is 3. The summed E-state index contributed by atoms with van der Waals surface area (Å²) in [7, 11) is 1.95. The molecule has 0 saturated carbocycles. The van der Waals surface area contributed by atoms with Gasteiger partial charge in [-0.15, -0.1) is 0 Å². The molecule has 0 spiro atoms. The molecule has 1 heterocycles. The summed E-state index contributed by atoms with van der Waals surface area (Å²) in [4.78, 5) is 14.8. The van der Waals surface area contributed by atoms with Crippen LogP contribution in [-0.2, 0) is 4.79 Å². The van der Waals surface area contributed by atoms with E-state index in [1.165, 1.54) is 6.42 Å². The van der Waals surface area contributed by atoms with E-state index in [9.17, 15) is 4.79 Å². The Morgan fingerprint density at radius 2 is 1.84 bits per heavy atom. The van der Waals surface area contributed by atoms with Gasteiger partial charge in [0, 0.05) is 18.5 Å². The topological polar surface area (TPSA) is 32.3 Å². The highest BCUT2D eigenvalue weighted by atomic mass is 16.2. The molecule has 0 aliphatic carbocycles. The first-order valence-corrected chi connectivity index (χ1v) is 7.56. The van der Waals surface area contributed by atoms with Crippen LogP contribution in [0.5, 0.6) is 0 Å². The summed E-state index contributed by atoms with van der Waals surface area (Å²) in [5.41, 5.74) is -0.160. The second kappa shape index (κ2) is 5.82. The normalized spacial score (nSPS) is 23.0. The van der Waals surface area contributed by atoms with E-state index in [1.54, 1.807) is 0 Å². The second-order valence-corrected chi connectivity index (χ2v) is 7.72. The molecular weight excluding hydrogens is 236 g/mol. The van der Waals surface area contributed by atoms with Crippen LogP contribution in [0.1, 0.15) is 54.4 Å². The molecule has 19 heavy (non-hydrogen) atoms. The van der Waals surface area contributed by atoms with Gasteiger partial charge in [0.1, 0.15) is 0 Å². The Morgan fingerprint density at radius 3 is 2.26 bits per heavy atom. The molecule has 3 nitrogen and oxygen atoms in total. The maximum Gasteiger partial charge on any atom is 0.228 e. The molecule has 3 heteroatoms. The van der Waals surface area contributed by atoms with Crippen molar-refractivity contribution in [3.05, 3.63) is 0 Å². The molecule has 2 unspecified atom stereocenters. The van der Waals surface area contributed by atoms with Crippen LogP contribution in [0.2, 0.25) is 0 Å². The highest BCUT2D eigenvalue weighted by Gasteiger charge is 2.41. The van der Waals surface area contributed by atoms with Crippen molar-refractivity contribution in [3.8, 4) is 0 Å². The number of carbonyl (C=O) groups is 1. The van der Waals surface area contributed by atoms with Crippen molar-refractivity contribution in [1.29, 1.82) is 0 Å². The zero-order chi connectivity index (χ0) is 14.8. The predicted octanol–water partition coefficient (Wildman–Crippen LogP) is 2.91. The molecule has 1 fully saturated rings. The molecule has 1 rings (SSSR count). The fraction of sp³-hybridized carbons (Fsp3) is 0.938. The Labute approximate surface area is 119 Å². The van der Waals surface area contributed by atoms with Crippen molar-refractivity contribution in [3.63, 3.8) is 0 Å². The van der Waals surface area contributed by atoms with Crippen LogP contribution < -0.4 is 5.32 Å². The van der Waals surface area contributed by atoms with Crippen LogP contribution in [0, 0.1) is 16.7 Å². The van der Waals surface area contributed by atoms with Crippen molar-refractivity contribution >= 4 is 5.91 Å². The molecule has 0 aromatic rings. The van der Waals surface area contributed by atoms with E-state index in [1.807, 2.05) is 11.9 Å². The quantitative estimate of drug-likeness (QED) is 0.853. The van der Waals surface area contributed by atoms with Crippen LogP contribution in [0.3, 0.4) is 0 Å². The summed E-state index contributed by atoms with van der Waals surface area (Å²) in [5, 5.41) is 3.42. The first-order valence-electron chi connectivity index (χ1n) is 7.56. The molecule has 0 bridgehead atoms. The lowest BCUT2D eigenvalue weighted by Gasteiger charge is -2.43. The first-order chi connectivity index (χ1) is 8.58. The summed E-state index contributed by atoms with van der Waals surface area (Å²) in [6.07, 6.45) is 2.34. The van der Waals surface area contributed by atoms with Gasteiger partial charge in [0.15, 0.2) is 0 Å². The zero-order valence-electron chi connectivity index (χ0n) is 13.8. The van der Waals surface area contributed by atoms with Gasteiger partial charge in [-0.3, -0.25) is 4.79 Å². The van der Waals surface area contributed by atoms with Crippen LogP contribution in [-0.4, -0.2) is 37.0 Å². The Bertz CT molecular complexity index is 311. The van der Waals surface area contributed by atoms with Crippen molar-refractivity contribution in [1.82, 2.24) is 10.2 Å². The Balaban J connectivity index is 2.79. The maximum atomic E-state index is 12.9. The molecule has 112 valence electrons. The largest absolute Gasteiger partial charge is 0.342 e. The van der Waals surface area contributed by atoms with Crippen molar-refractivity contribution in [2.75, 3.05) is 20.1 Å². The highest BCUT2D eigenvalue weighted by molar-refractivity contribution is 5.82. The van der Waals surface area contributed by atoms with E-state index in [0.29, 0.717) is 5.92 Å². The lowest BCUT2D eigenvalue weighted by molar-refractivity contribution is -0.146. The first kappa shape index (κ1) is 16.5. The average molecular weight is 268 g/mol. The van der Waals surface area contributed by atoms with Crippen LogP contribution in [0.15, 0.2) is 0 Å². The van der Waals surface area contributed by atoms with Crippen molar-refractivity contribution in [2.24, 2.45) is 16.7 Å². The highest BCUT2D eigenvalue weighted by Crippen LogP contribution is 2.35. The minimum Gasteiger partial charge on any atom is -0.342 e. The van der Waals surface area contributed by atoms with Gasteiger partial charge in [0.25, 0.3) is 0 Å². The fourth-order valence-electron chi connectivity index (χ4n) is 2.85. The van der Waals surface area contributed by atoms with E-state index >= 15 is 0 Å². The van der Waals surface area contributed by atoms with E-state index in [-0.39, 0.29) is 22.8 Å². The van der Waals surface area contributed by atoms with Gasteiger partial charge in [0.2, 0.25) is 5.91 Å². The number of hydrogen-bond acceptors (Lipinski definition) is 2.